The maximum atomic E-state index is 14.2. The zero-order valence-electron chi connectivity index (χ0n) is 13.8. The highest BCUT2D eigenvalue weighted by atomic mass is 19.1. The molecule has 0 unspecified atom stereocenters. The quantitative estimate of drug-likeness (QED) is 0.463. The molecule has 0 aliphatic carbocycles. The van der Waals surface area contributed by atoms with Crippen molar-refractivity contribution in [2.45, 2.75) is 6.92 Å². The number of fused-ring (bicyclic) bond motifs is 1. The molecule has 0 bridgehead atoms. The van der Waals surface area contributed by atoms with Crippen LogP contribution in [0.4, 0.5) is 20.2 Å². The minimum atomic E-state index is -0.690. The summed E-state index contributed by atoms with van der Waals surface area (Å²) >= 11 is 0. The van der Waals surface area contributed by atoms with E-state index in [0.717, 1.165) is 16.2 Å². The number of benzene rings is 1. The van der Waals surface area contributed by atoms with Crippen molar-refractivity contribution in [3.05, 3.63) is 59.7 Å². The van der Waals surface area contributed by atoms with Gasteiger partial charge in [-0.15, -0.1) is 0 Å². The highest BCUT2D eigenvalue weighted by molar-refractivity contribution is 6.04. The van der Waals surface area contributed by atoms with Crippen LogP contribution >= 0.6 is 0 Å². The van der Waals surface area contributed by atoms with Gasteiger partial charge >= 0.3 is 0 Å². The van der Waals surface area contributed by atoms with Gasteiger partial charge in [0.25, 0.3) is 5.91 Å². The van der Waals surface area contributed by atoms with Crippen molar-refractivity contribution in [3.8, 4) is 0 Å². The molecule has 7 nitrogen and oxygen atoms in total. The van der Waals surface area contributed by atoms with Crippen LogP contribution in [0.1, 0.15) is 15.9 Å². The van der Waals surface area contributed by atoms with Crippen LogP contribution in [0.2, 0.25) is 0 Å². The number of aromatic nitrogens is 2. The van der Waals surface area contributed by atoms with E-state index in [0.29, 0.717) is 0 Å². The number of nitrogens with one attached hydrogen (secondary N) is 2. The second-order valence-electron chi connectivity index (χ2n) is 5.51. The first kappa shape index (κ1) is 17.8. The first-order valence-corrected chi connectivity index (χ1v) is 7.72. The van der Waals surface area contributed by atoms with E-state index in [1.807, 2.05) is 0 Å². The molecule has 0 aliphatic heterocycles. The summed E-state index contributed by atoms with van der Waals surface area (Å²) in [4.78, 5) is 20.9. The first-order chi connectivity index (χ1) is 12.5. The highest BCUT2D eigenvalue weighted by Gasteiger charge is 2.20. The van der Waals surface area contributed by atoms with Crippen molar-refractivity contribution in [1.29, 1.82) is 0 Å². The molecule has 0 fully saturated rings. The molecule has 136 valence electrons. The van der Waals surface area contributed by atoms with Crippen LogP contribution in [0.3, 0.4) is 0 Å². The van der Waals surface area contributed by atoms with Gasteiger partial charge in [-0.1, -0.05) is 6.07 Å². The zero-order chi connectivity index (χ0) is 18.7. The lowest BCUT2D eigenvalue weighted by Crippen LogP contribution is -2.25. The third kappa shape index (κ3) is 3.48. The molecule has 1 aromatic carbocycles. The van der Waals surface area contributed by atoms with E-state index < -0.39 is 17.7 Å². The molecule has 2 heterocycles. The summed E-state index contributed by atoms with van der Waals surface area (Å²) in [7, 11) is 0. The van der Waals surface area contributed by atoms with Crippen molar-refractivity contribution < 1.29 is 23.5 Å². The van der Waals surface area contributed by atoms with Crippen LogP contribution in [0.5, 0.6) is 0 Å². The lowest BCUT2D eigenvalue weighted by Gasteiger charge is -2.10. The second kappa shape index (κ2) is 7.46. The van der Waals surface area contributed by atoms with Gasteiger partial charge < -0.3 is 10.4 Å². The van der Waals surface area contributed by atoms with Crippen LogP contribution in [0, 0.1) is 18.7 Å². The topological polar surface area (TPSA) is 87.9 Å². The molecule has 2 aromatic heterocycles. The minimum absolute atomic E-state index is 0.0230. The SMILES string of the molecule is Cc1ccc(Nc2c(C(=O)NOCCO)cn3c(F)cncc23)c(F)c1. The Labute approximate surface area is 147 Å². The van der Waals surface area contributed by atoms with Gasteiger partial charge in [-0.05, 0) is 24.6 Å². The largest absolute Gasteiger partial charge is 0.394 e. The maximum Gasteiger partial charge on any atom is 0.278 e. The molecule has 3 aromatic rings. The second-order valence-corrected chi connectivity index (χ2v) is 5.51. The van der Waals surface area contributed by atoms with Crippen molar-refractivity contribution in [2.75, 3.05) is 18.5 Å². The first-order valence-electron chi connectivity index (χ1n) is 7.72. The normalized spacial score (nSPS) is 10.9. The fourth-order valence-electron chi connectivity index (χ4n) is 2.43. The maximum absolute atomic E-state index is 14.2. The Morgan fingerprint density at radius 3 is 2.88 bits per heavy atom. The summed E-state index contributed by atoms with van der Waals surface area (Å²) in [6.45, 7) is 1.36. The summed E-state index contributed by atoms with van der Waals surface area (Å²) in [5.74, 6) is -1.89. The van der Waals surface area contributed by atoms with E-state index in [4.69, 9.17) is 9.94 Å². The van der Waals surface area contributed by atoms with E-state index in [1.54, 1.807) is 13.0 Å². The number of carbonyl (C=O) groups excluding carboxylic acids is 1. The van der Waals surface area contributed by atoms with Gasteiger partial charge in [-0.3, -0.25) is 19.0 Å². The number of hydrogen-bond acceptors (Lipinski definition) is 5. The summed E-state index contributed by atoms with van der Waals surface area (Å²) < 4.78 is 29.3. The summed E-state index contributed by atoms with van der Waals surface area (Å²) in [6.07, 6.45) is 3.59. The van der Waals surface area contributed by atoms with Crippen LogP contribution in [0.25, 0.3) is 5.52 Å². The standard InChI is InChI=1S/C17H16F2N4O3/c1-10-2-3-13(12(18)6-10)21-16-11(17(25)22-26-5-4-24)9-23-14(16)7-20-8-15(23)19/h2-3,6-9,21,24H,4-5H2,1H3,(H,22,25). The van der Waals surface area contributed by atoms with Crippen molar-refractivity contribution in [1.82, 2.24) is 14.9 Å². The smallest absolute Gasteiger partial charge is 0.278 e. The van der Waals surface area contributed by atoms with E-state index in [9.17, 15) is 13.6 Å². The number of rotatable bonds is 6. The number of aliphatic hydroxyl groups excluding tert-OH is 1. The molecular formula is C17H16F2N4O3. The van der Waals surface area contributed by atoms with E-state index in [1.165, 1.54) is 24.5 Å². The zero-order valence-corrected chi connectivity index (χ0v) is 13.8. The average molecular weight is 362 g/mol. The number of hydroxylamine groups is 1. The van der Waals surface area contributed by atoms with E-state index >= 15 is 0 Å². The van der Waals surface area contributed by atoms with Gasteiger partial charge in [0.15, 0.2) is 0 Å². The Morgan fingerprint density at radius 2 is 2.15 bits per heavy atom. The van der Waals surface area contributed by atoms with Gasteiger partial charge in [0.05, 0.1) is 48.1 Å². The van der Waals surface area contributed by atoms with E-state index in [2.05, 4.69) is 15.8 Å². The van der Waals surface area contributed by atoms with Crippen LogP contribution < -0.4 is 10.8 Å². The number of carbonyl (C=O) groups is 1. The molecule has 0 saturated heterocycles. The third-order valence-electron chi connectivity index (χ3n) is 3.64. The molecule has 3 rings (SSSR count). The van der Waals surface area contributed by atoms with Gasteiger partial charge in [-0.25, -0.2) is 9.87 Å². The summed E-state index contributed by atoms with van der Waals surface area (Å²) in [6, 6.07) is 4.56. The molecule has 0 saturated carbocycles. The van der Waals surface area contributed by atoms with Crippen LogP contribution in [-0.2, 0) is 4.84 Å². The van der Waals surface area contributed by atoms with Crippen molar-refractivity contribution in [2.24, 2.45) is 0 Å². The molecular weight excluding hydrogens is 346 g/mol. The lowest BCUT2D eigenvalue weighted by atomic mass is 10.2. The average Bonchev–Trinajstić information content (AvgIpc) is 2.98. The number of hydrogen-bond donors (Lipinski definition) is 3. The number of amides is 1. The highest BCUT2D eigenvalue weighted by Crippen LogP contribution is 2.30. The Kier molecular flexibility index (Phi) is 5.10. The van der Waals surface area contributed by atoms with Gasteiger partial charge in [0.2, 0.25) is 5.95 Å². The summed E-state index contributed by atoms with van der Waals surface area (Å²) in [5.41, 5.74) is 3.44. The van der Waals surface area contributed by atoms with Crippen LogP contribution in [0.15, 0.2) is 36.8 Å². The third-order valence-corrected chi connectivity index (χ3v) is 3.64. The Morgan fingerprint density at radius 1 is 1.35 bits per heavy atom. The van der Waals surface area contributed by atoms with Gasteiger partial charge in [0, 0.05) is 6.20 Å². The van der Waals surface area contributed by atoms with Gasteiger partial charge in [0.1, 0.15) is 5.82 Å². The van der Waals surface area contributed by atoms with Crippen molar-refractivity contribution >= 4 is 22.8 Å². The molecule has 1 amide bonds. The van der Waals surface area contributed by atoms with Crippen molar-refractivity contribution in [3.63, 3.8) is 0 Å². The van der Waals surface area contributed by atoms with Crippen LogP contribution in [-0.4, -0.2) is 33.6 Å². The predicted molar refractivity (Wildman–Crippen MR) is 90.1 cm³/mol. The monoisotopic (exact) mass is 362 g/mol. The number of anilines is 2. The van der Waals surface area contributed by atoms with E-state index in [-0.39, 0.29) is 35.7 Å². The fraction of sp³-hybridized carbons (Fsp3) is 0.176. The molecule has 0 atom stereocenters. The molecule has 26 heavy (non-hydrogen) atoms. The summed E-state index contributed by atoms with van der Waals surface area (Å²) in [5, 5.41) is 11.5. The Bertz CT molecular complexity index is 959. The number of halogens is 2. The number of aryl methyl sites for hydroxylation is 1. The fourth-order valence-corrected chi connectivity index (χ4v) is 2.43. The molecule has 9 heteroatoms. The Balaban J connectivity index is 2.04. The molecule has 0 spiro atoms. The lowest BCUT2D eigenvalue weighted by molar-refractivity contribution is 0.0169. The number of aliphatic hydroxyl groups is 1. The minimum Gasteiger partial charge on any atom is -0.394 e. The predicted octanol–water partition coefficient (Wildman–Crippen LogP) is 2.32. The molecule has 0 aliphatic rings. The molecule has 3 N–H and O–H groups in total. The van der Waals surface area contributed by atoms with Gasteiger partial charge in [-0.2, -0.15) is 4.39 Å². The molecule has 0 radical (unpaired) electrons. The number of nitrogens with zero attached hydrogens (tertiary/aromatic N) is 2. The Hall–Kier alpha value is -3.04.